The van der Waals surface area contributed by atoms with E-state index in [0.717, 1.165) is 132 Å². The van der Waals surface area contributed by atoms with E-state index < -0.39 is 11.4 Å². The van der Waals surface area contributed by atoms with Gasteiger partial charge in [-0.25, -0.2) is 0 Å². The second-order valence-electron chi connectivity index (χ2n) is 28.8. The van der Waals surface area contributed by atoms with Gasteiger partial charge < -0.3 is 35.0 Å². The van der Waals surface area contributed by atoms with Crippen molar-refractivity contribution in [2.75, 3.05) is 52.6 Å². The van der Waals surface area contributed by atoms with E-state index in [1.165, 1.54) is 17.6 Å². The van der Waals surface area contributed by atoms with E-state index in [-0.39, 0.29) is 71.8 Å². The standard InChI is InChI=1S/C33H45NO4.C29H38O4.C4H9NO/c1-21-22-7-8-25-31(4,23(22)19-24(35)27(21)36)12-14-33(6)26-20-30(3,28(37)34-15-17-38-18-16-34)10-9-29(26,2)11-13-32(25,33)5;1-17-18-7-8-21-27(4,19(18)15-20(30)23(17)31)12-14-29(6)22-16-26(3,24(32)33)10-9-25(22,2)11-13-28(21,29)5;1-3-6-4-2-5-1/h7-8,19,26,36H,9-18,20H2,1-6H3;7-8,15,22,31H,9-14,16H2,1-6H3,(H,32,33);5H,1-4H2/t26-,29-,30-,31+,32-,33+;22-,25-,26-,27+,28-,29+;/m11./s1. The van der Waals surface area contributed by atoms with Crippen LogP contribution in [0.5, 0.6) is 0 Å². The van der Waals surface area contributed by atoms with Crippen LogP contribution >= 0.6 is 0 Å². The summed E-state index contributed by atoms with van der Waals surface area (Å²) in [7, 11) is 0. The minimum atomic E-state index is -0.655. The van der Waals surface area contributed by atoms with Crippen LogP contribution in [0.4, 0.5) is 0 Å². The number of aliphatic hydroxyl groups is 2. The van der Waals surface area contributed by atoms with E-state index in [1.807, 2.05) is 20.8 Å². The monoisotopic (exact) mass is 1060 g/mol. The summed E-state index contributed by atoms with van der Waals surface area (Å²) in [6.45, 7) is 33.8. The van der Waals surface area contributed by atoms with E-state index >= 15 is 0 Å². The number of ketones is 2. The maximum absolute atomic E-state index is 13.9. The van der Waals surface area contributed by atoms with Gasteiger partial charge in [0.1, 0.15) is 0 Å². The molecule has 77 heavy (non-hydrogen) atoms. The number of aliphatic carboxylic acids is 1. The number of ether oxygens (including phenoxy) is 2. The van der Waals surface area contributed by atoms with Gasteiger partial charge in [-0.2, -0.15) is 0 Å². The van der Waals surface area contributed by atoms with Crippen LogP contribution in [0.25, 0.3) is 0 Å². The van der Waals surface area contributed by atoms with Crippen LogP contribution < -0.4 is 5.32 Å². The van der Waals surface area contributed by atoms with Gasteiger partial charge in [0, 0.05) is 53.6 Å². The Morgan fingerprint density at radius 3 is 1.35 bits per heavy atom. The third-order valence-electron chi connectivity index (χ3n) is 24.9. The summed E-state index contributed by atoms with van der Waals surface area (Å²) in [5, 5.41) is 33.9. The van der Waals surface area contributed by atoms with Gasteiger partial charge in [0.15, 0.2) is 11.5 Å². The number of nitrogens with one attached hydrogen (secondary N) is 1. The largest absolute Gasteiger partial charge is 0.504 e. The van der Waals surface area contributed by atoms with Gasteiger partial charge in [-0.1, -0.05) is 97.8 Å². The molecule has 2 aliphatic heterocycles. The molecule has 11 nitrogen and oxygen atoms in total. The number of morpholine rings is 2. The third-order valence-corrected chi connectivity index (χ3v) is 24.9. The van der Waals surface area contributed by atoms with E-state index in [4.69, 9.17) is 9.47 Å². The molecule has 0 spiro atoms. The predicted octanol–water partition coefficient (Wildman–Crippen LogP) is 12.8. The predicted molar refractivity (Wildman–Crippen MR) is 301 cm³/mol. The molecule has 10 aliphatic carbocycles. The van der Waals surface area contributed by atoms with Crippen LogP contribution in [0.1, 0.15) is 173 Å². The molecule has 2 heterocycles. The average molecular weight is 1060 g/mol. The smallest absolute Gasteiger partial charge is 0.309 e. The van der Waals surface area contributed by atoms with E-state index in [1.54, 1.807) is 12.2 Å². The Hall–Kier alpha value is -4.32. The first-order valence-electron chi connectivity index (χ1n) is 29.6. The number of allylic oxidation sites excluding steroid dienone is 14. The first kappa shape index (κ1) is 56.0. The Bertz CT molecular complexity index is 2800. The van der Waals surface area contributed by atoms with Gasteiger partial charge in [-0.15, -0.1) is 0 Å². The molecular weight excluding hydrogens is 965 g/mol. The normalized spacial score (nSPS) is 44.0. The summed E-state index contributed by atoms with van der Waals surface area (Å²) in [5.74, 6) is -0.329. The number of aliphatic hydroxyl groups excluding tert-OH is 2. The molecule has 0 aromatic heterocycles. The SMILES string of the molecule is C1COCCN1.CC1=C(O)C(=O)C=C2C1=CC=C1[C@@]2(C)CC[C@@]2(C)[C@@H]3C[C@](C)(C(=O)N4CCOCC4)CC[C@]3(C)CC[C@]12C.CC1=C(O)C(=O)C=C2C1=CC=C1[C@@]2(C)CC[C@@]2(C)[C@@H]3C[C@](C)(C(=O)O)CC[C@]3(C)CC[C@]12C. The summed E-state index contributed by atoms with van der Waals surface area (Å²) in [4.78, 5) is 53.5. The molecule has 0 aromatic rings. The molecule has 11 heteroatoms. The van der Waals surface area contributed by atoms with Gasteiger partial charge in [-0.3, -0.25) is 19.2 Å². The second-order valence-corrected chi connectivity index (χ2v) is 28.8. The van der Waals surface area contributed by atoms with Crippen LogP contribution in [0.15, 0.2) is 92.6 Å². The number of rotatable bonds is 2. The van der Waals surface area contributed by atoms with E-state index in [0.29, 0.717) is 55.2 Å². The van der Waals surface area contributed by atoms with Crippen LogP contribution in [0, 0.1) is 66.0 Å². The molecule has 2 saturated heterocycles. The topological polar surface area (TPSA) is 163 Å². The molecule has 0 aromatic carbocycles. The van der Waals surface area contributed by atoms with Gasteiger partial charge in [0.2, 0.25) is 17.5 Å². The Kier molecular flexibility index (Phi) is 13.7. The average Bonchev–Trinajstić information content (AvgIpc) is 3.51. The van der Waals surface area contributed by atoms with Crippen LogP contribution in [0.3, 0.4) is 0 Å². The molecule has 0 bridgehead atoms. The zero-order valence-electron chi connectivity index (χ0n) is 48.9. The summed E-state index contributed by atoms with van der Waals surface area (Å²) in [6.07, 6.45) is 26.3. The molecule has 0 unspecified atom stereocenters. The highest BCUT2D eigenvalue weighted by Crippen LogP contribution is 2.77. The van der Waals surface area contributed by atoms with Crippen molar-refractivity contribution in [3.8, 4) is 0 Å². The van der Waals surface area contributed by atoms with Crippen molar-refractivity contribution in [3.05, 3.63) is 92.6 Å². The number of carbonyl (C=O) groups is 4. The molecule has 4 N–H and O–H groups in total. The van der Waals surface area contributed by atoms with Crippen LogP contribution in [-0.4, -0.2) is 96.3 Å². The van der Waals surface area contributed by atoms with Gasteiger partial charge in [0.05, 0.1) is 31.8 Å². The van der Waals surface area contributed by atoms with Crippen molar-refractivity contribution in [2.45, 2.75) is 173 Å². The zero-order chi connectivity index (χ0) is 55.7. The molecule has 12 aliphatic rings. The molecule has 420 valence electrons. The van der Waals surface area contributed by atoms with Gasteiger partial charge >= 0.3 is 5.97 Å². The summed E-state index contributed by atoms with van der Waals surface area (Å²) >= 11 is 0. The molecule has 12 rings (SSSR count). The molecular formula is C66H92N2O9. The number of carboxylic acids is 1. The Morgan fingerprint density at radius 1 is 0.545 bits per heavy atom. The molecule has 1 amide bonds. The third kappa shape index (κ3) is 8.23. The van der Waals surface area contributed by atoms with Crippen molar-refractivity contribution >= 4 is 23.4 Å². The summed E-state index contributed by atoms with van der Waals surface area (Å²) in [6, 6.07) is 0. The molecule has 6 saturated carbocycles. The lowest BCUT2D eigenvalue weighted by Gasteiger charge is -2.70. The zero-order valence-corrected chi connectivity index (χ0v) is 48.9. The summed E-state index contributed by atoms with van der Waals surface area (Å²) in [5.41, 5.74) is 7.32. The number of amides is 1. The molecule has 0 radical (unpaired) electrons. The first-order chi connectivity index (χ1) is 36.0. The van der Waals surface area contributed by atoms with E-state index in [9.17, 15) is 34.5 Å². The van der Waals surface area contributed by atoms with Crippen LogP contribution in [-0.2, 0) is 28.7 Å². The number of carbonyl (C=O) groups excluding carboxylic acids is 3. The highest BCUT2D eigenvalue weighted by atomic mass is 16.5. The van der Waals surface area contributed by atoms with Crippen molar-refractivity contribution in [3.63, 3.8) is 0 Å². The van der Waals surface area contributed by atoms with Gasteiger partial charge in [0.25, 0.3) is 0 Å². The lowest BCUT2D eigenvalue weighted by atomic mass is 9.34. The van der Waals surface area contributed by atoms with Gasteiger partial charge in [-0.05, 0) is 189 Å². The fourth-order valence-corrected chi connectivity index (χ4v) is 19.0. The maximum Gasteiger partial charge on any atom is 0.309 e. The quantitative estimate of drug-likeness (QED) is 0.209. The Labute approximate surface area is 459 Å². The summed E-state index contributed by atoms with van der Waals surface area (Å²) < 4.78 is 10.5. The Morgan fingerprint density at radius 2 is 0.948 bits per heavy atom. The Balaban J connectivity index is 0.000000159. The van der Waals surface area contributed by atoms with Crippen molar-refractivity contribution in [1.29, 1.82) is 0 Å². The number of nitrogens with zero attached hydrogens (tertiary/aromatic N) is 1. The van der Waals surface area contributed by atoms with Crippen molar-refractivity contribution in [1.82, 2.24) is 10.2 Å². The minimum absolute atomic E-state index is 0.0000746. The highest BCUT2D eigenvalue weighted by molar-refractivity contribution is 6.07. The molecule has 12 atom stereocenters. The number of hydrogen-bond acceptors (Lipinski definition) is 9. The highest BCUT2D eigenvalue weighted by Gasteiger charge is 2.69. The minimum Gasteiger partial charge on any atom is -0.504 e. The lowest BCUT2D eigenvalue weighted by molar-refractivity contribution is -0.178. The maximum atomic E-state index is 13.9. The number of fused-ring (bicyclic) bond motifs is 14. The number of carboxylic acid groups (broad SMARTS) is 1. The fraction of sp³-hybridized carbons (Fsp3) is 0.697. The number of hydrogen-bond donors (Lipinski definition) is 4. The lowest BCUT2D eigenvalue weighted by Crippen LogP contribution is -2.63. The van der Waals surface area contributed by atoms with E-state index in [2.05, 4.69) is 96.8 Å². The van der Waals surface area contributed by atoms with Crippen molar-refractivity contribution < 1.29 is 44.0 Å². The second kappa shape index (κ2) is 18.9. The van der Waals surface area contributed by atoms with Crippen LogP contribution in [0.2, 0.25) is 0 Å². The fourth-order valence-electron chi connectivity index (χ4n) is 19.0. The van der Waals surface area contributed by atoms with Crippen molar-refractivity contribution in [2.24, 2.45) is 66.0 Å². The molecule has 8 fully saturated rings. The first-order valence-corrected chi connectivity index (χ1v) is 29.6.